The van der Waals surface area contributed by atoms with Crippen molar-refractivity contribution < 1.29 is 17.6 Å². The lowest BCUT2D eigenvalue weighted by molar-refractivity contribution is 0.249. The lowest BCUT2D eigenvalue weighted by atomic mass is 10.1. The van der Waals surface area contributed by atoms with Crippen molar-refractivity contribution in [2.24, 2.45) is 0 Å². The number of halogens is 1. The number of carbonyl (C=O) groups excluding carboxylic acids is 1. The van der Waals surface area contributed by atoms with E-state index in [1.807, 2.05) is 0 Å². The Morgan fingerprint density at radius 1 is 1.22 bits per heavy atom. The predicted molar refractivity (Wildman–Crippen MR) is 84.3 cm³/mol. The molecule has 0 bridgehead atoms. The van der Waals surface area contributed by atoms with Crippen LogP contribution in [-0.4, -0.2) is 25.7 Å². The summed E-state index contributed by atoms with van der Waals surface area (Å²) in [7, 11) is -3.26. The number of pyridine rings is 1. The first-order valence-corrected chi connectivity index (χ1v) is 8.64. The molecule has 122 valence electrons. The molecule has 23 heavy (non-hydrogen) atoms. The maximum Gasteiger partial charge on any atom is 0.319 e. The number of anilines is 1. The van der Waals surface area contributed by atoms with Gasteiger partial charge >= 0.3 is 6.03 Å². The van der Waals surface area contributed by atoms with E-state index in [0.717, 1.165) is 11.8 Å². The van der Waals surface area contributed by atoms with Crippen LogP contribution in [0.4, 0.5) is 14.9 Å². The molecule has 0 saturated carbocycles. The smallest absolute Gasteiger partial charge is 0.319 e. The number of hydrogen-bond donors (Lipinski definition) is 2. The molecule has 1 aromatic carbocycles. The third-order valence-corrected chi connectivity index (χ3v) is 4.29. The highest BCUT2D eigenvalue weighted by Crippen LogP contribution is 2.17. The van der Waals surface area contributed by atoms with E-state index in [4.69, 9.17) is 0 Å². The monoisotopic (exact) mass is 337 g/mol. The van der Waals surface area contributed by atoms with Gasteiger partial charge in [-0.15, -0.1) is 0 Å². The van der Waals surface area contributed by atoms with Crippen LogP contribution in [-0.2, 0) is 9.84 Å². The van der Waals surface area contributed by atoms with Gasteiger partial charge in [-0.05, 0) is 36.8 Å². The van der Waals surface area contributed by atoms with Crippen molar-refractivity contribution >= 4 is 21.6 Å². The highest BCUT2D eigenvalue weighted by molar-refractivity contribution is 7.90. The Morgan fingerprint density at radius 2 is 1.87 bits per heavy atom. The zero-order valence-corrected chi connectivity index (χ0v) is 13.4. The number of nitrogens with one attached hydrogen (secondary N) is 2. The topological polar surface area (TPSA) is 88.2 Å². The molecule has 0 spiro atoms. The molecule has 1 atom stereocenters. The van der Waals surface area contributed by atoms with E-state index in [9.17, 15) is 17.6 Å². The highest BCUT2D eigenvalue weighted by atomic mass is 32.2. The Balaban J connectivity index is 2.02. The number of nitrogens with zero attached hydrogens (tertiary/aromatic N) is 1. The molecular formula is C15H16FN3O3S. The Kier molecular flexibility index (Phi) is 4.95. The second-order valence-electron chi connectivity index (χ2n) is 5.00. The van der Waals surface area contributed by atoms with Crippen molar-refractivity contribution in [3.63, 3.8) is 0 Å². The molecule has 2 rings (SSSR count). The fraction of sp³-hybridized carbons (Fsp3) is 0.200. The zero-order chi connectivity index (χ0) is 17.0. The lowest BCUT2D eigenvalue weighted by Gasteiger charge is -2.15. The van der Waals surface area contributed by atoms with E-state index < -0.39 is 21.8 Å². The Bertz CT molecular complexity index is 807. The van der Waals surface area contributed by atoms with Crippen LogP contribution in [0.25, 0.3) is 0 Å². The van der Waals surface area contributed by atoms with Gasteiger partial charge in [-0.1, -0.05) is 12.1 Å². The summed E-state index contributed by atoms with van der Waals surface area (Å²) >= 11 is 0. The number of hydrogen-bond acceptors (Lipinski definition) is 4. The van der Waals surface area contributed by atoms with E-state index in [-0.39, 0.29) is 16.6 Å². The lowest BCUT2D eigenvalue weighted by Crippen LogP contribution is -2.31. The molecule has 0 fully saturated rings. The van der Waals surface area contributed by atoms with Crippen molar-refractivity contribution in [2.45, 2.75) is 17.9 Å². The average molecular weight is 337 g/mol. The minimum Gasteiger partial charge on any atom is -0.331 e. The molecule has 1 heterocycles. The molecule has 0 aliphatic rings. The van der Waals surface area contributed by atoms with Crippen molar-refractivity contribution in [1.82, 2.24) is 10.3 Å². The molecule has 2 N–H and O–H groups in total. The van der Waals surface area contributed by atoms with Gasteiger partial charge in [0, 0.05) is 12.5 Å². The van der Waals surface area contributed by atoms with E-state index in [1.54, 1.807) is 19.1 Å². The van der Waals surface area contributed by atoms with Crippen LogP contribution in [0.15, 0.2) is 47.5 Å². The first-order valence-electron chi connectivity index (χ1n) is 6.75. The summed E-state index contributed by atoms with van der Waals surface area (Å²) in [5.74, 6) is -0.771. The number of carbonyl (C=O) groups is 1. The normalized spacial score (nSPS) is 12.5. The summed E-state index contributed by atoms with van der Waals surface area (Å²) in [5.41, 5.74) is 0.698. The quantitative estimate of drug-likeness (QED) is 0.839. The van der Waals surface area contributed by atoms with Crippen LogP contribution in [0.5, 0.6) is 0 Å². The molecule has 2 aromatic rings. The second-order valence-corrected chi connectivity index (χ2v) is 7.02. The molecule has 0 radical (unpaired) electrons. The fourth-order valence-electron chi connectivity index (χ4n) is 1.92. The van der Waals surface area contributed by atoms with Gasteiger partial charge < -0.3 is 10.6 Å². The molecule has 0 aliphatic heterocycles. The number of amides is 2. The Labute approximate surface area is 133 Å². The van der Waals surface area contributed by atoms with Gasteiger partial charge in [0.2, 0.25) is 5.95 Å². The summed E-state index contributed by atoms with van der Waals surface area (Å²) in [5, 5.41) is 5.00. The molecule has 6 nitrogen and oxygen atoms in total. The number of benzene rings is 1. The average Bonchev–Trinajstić information content (AvgIpc) is 2.49. The van der Waals surface area contributed by atoms with Gasteiger partial charge in [0.1, 0.15) is 0 Å². The van der Waals surface area contributed by atoms with Crippen LogP contribution in [0.1, 0.15) is 18.5 Å². The van der Waals surface area contributed by atoms with Gasteiger partial charge in [-0.25, -0.2) is 18.2 Å². The number of urea groups is 1. The first-order chi connectivity index (χ1) is 10.8. The molecule has 1 unspecified atom stereocenters. The number of sulfone groups is 1. The van der Waals surface area contributed by atoms with E-state index >= 15 is 0 Å². The molecular weight excluding hydrogens is 321 g/mol. The van der Waals surface area contributed by atoms with Gasteiger partial charge in [0.15, 0.2) is 9.84 Å². The standard InChI is InChI=1S/C15H16FN3O3S/c1-10(11-5-7-12(8-6-11)23(2,21)22)18-15(20)19-13-4-3-9-17-14(13)16/h3-10H,1-2H3,(H2,18,19,20). The summed E-state index contributed by atoms with van der Waals surface area (Å²) in [6.45, 7) is 1.73. The van der Waals surface area contributed by atoms with Crippen molar-refractivity contribution in [3.8, 4) is 0 Å². The van der Waals surface area contributed by atoms with Crippen molar-refractivity contribution in [2.75, 3.05) is 11.6 Å². The van der Waals surface area contributed by atoms with Crippen LogP contribution in [0.2, 0.25) is 0 Å². The molecule has 0 saturated heterocycles. The third kappa shape index (κ3) is 4.49. The van der Waals surface area contributed by atoms with Crippen molar-refractivity contribution in [3.05, 3.63) is 54.1 Å². The van der Waals surface area contributed by atoms with Crippen LogP contribution >= 0.6 is 0 Å². The minimum absolute atomic E-state index is 0.0235. The fourth-order valence-corrected chi connectivity index (χ4v) is 2.55. The number of aromatic nitrogens is 1. The maximum atomic E-state index is 13.4. The molecule has 0 aliphatic carbocycles. The van der Waals surface area contributed by atoms with Gasteiger partial charge in [-0.2, -0.15) is 4.39 Å². The maximum absolute atomic E-state index is 13.4. The van der Waals surface area contributed by atoms with E-state index in [0.29, 0.717) is 0 Å². The highest BCUT2D eigenvalue weighted by Gasteiger charge is 2.13. The Hall–Kier alpha value is -2.48. The van der Waals surface area contributed by atoms with Crippen LogP contribution in [0, 0.1) is 5.95 Å². The zero-order valence-electron chi connectivity index (χ0n) is 12.6. The summed E-state index contributed by atoms with van der Waals surface area (Å²) in [6, 6.07) is 8.11. The van der Waals surface area contributed by atoms with Gasteiger partial charge in [0.25, 0.3) is 0 Å². The van der Waals surface area contributed by atoms with Gasteiger partial charge in [0.05, 0.1) is 16.6 Å². The van der Waals surface area contributed by atoms with Crippen LogP contribution < -0.4 is 10.6 Å². The molecule has 2 amide bonds. The molecule has 8 heteroatoms. The number of rotatable bonds is 4. The van der Waals surface area contributed by atoms with Crippen molar-refractivity contribution in [1.29, 1.82) is 0 Å². The predicted octanol–water partition coefficient (Wildman–Crippen LogP) is 2.51. The summed E-state index contributed by atoms with van der Waals surface area (Å²) in [6.07, 6.45) is 2.41. The van der Waals surface area contributed by atoms with Gasteiger partial charge in [-0.3, -0.25) is 0 Å². The minimum atomic E-state index is -3.26. The molecule has 1 aromatic heterocycles. The first kappa shape index (κ1) is 16.9. The SMILES string of the molecule is CC(NC(=O)Nc1cccnc1F)c1ccc(S(C)(=O)=O)cc1. The van der Waals surface area contributed by atoms with E-state index in [1.165, 1.54) is 30.5 Å². The van der Waals surface area contributed by atoms with E-state index in [2.05, 4.69) is 15.6 Å². The Morgan fingerprint density at radius 3 is 2.43 bits per heavy atom. The third-order valence-electron chi connectivity index (χ3n) is 3.16. The summed E-state index contributed by atoms with van der Waals surface area (Å²) in [4.78, 5) is 15.5. The largest absolute Gasteiger partial charge is 0.331 e. The second kappa shape index (κ2) is 6.74. The van der Waals surface area contributed by atoms with Crippen LogP contribution in [0.3, 0.4) is 0 Å². The summed E-state index contributed by atoms with van der Waals surface area (Å²) < 4.78 is 36.2.